The van der Waals surface area contributed by atoms with E-state index in [1.54, 1.807) is 0 Å². The SMILES string of the molecule is O=[N+]([O-])c1ccc(COc2ccc(CO)cc2F)c(Cl)c1. The lowest BCUT2D eigenvalue weighted by atomic mass is 10.2. The molecule has 21 heavy (non-hydrogen) atoms. The molecule has 0 aliphatic heterocycles. The number of hydrogen-bond acceptors (Lipinski definition) is 4. The molecule has 0 aliphatic carbocycles. The average Bonchev–Trinajstić information content (AvgIpc) is 2.46. The molecule has 0 unspecified atom stereocenters. The van der Waals surface area contributed by atoms with Gasteiger partial charge in [0.25, 0.3) is 5.69 Å². The highest BCUT2D eigenvalue weighted by Gasteiger charge is 2.11. The van der Waals surface area contributed by atoms with Gasteiger partial charge in [-0.05, 0) is 23.8 Å². The first-order valence-electron chi connectivity index (χ1n) is 5.96. The quantitative estimate of drug-likeness (QED) is 0.678. The maximum Gasteiger partial charge on any atom is 0.270 e. The number of ether oxygens (including phenoxy) is 1. The molecule has 2 aromatic carbocycles. The number of non-ortho nitro benzene ring substituents is 1. The Morgan fingerprint density at radius 2 is 2.05 bits per heavy atom. The van der Waals surface area contributed by atoms with Crippen molar-refractivity contribution in [1.82, 2.24) is 0 Å². The molecule has 110 valence electrons. The third-order valence-electron chi connectivity index (χ3n) is 2.81. The molecule has 0 saturated heterocycles. The van der Waals surface area contributed by atoms with E-state index in [0.29, 0.717) is 11.1 Å². The molecule has 2 aromatic rings. The van der Waals surface area contributed by atoms with Gasteiger partial charge < -0.3 is 9.84 Å². The summed E-state index contributed by atoms with van der Waals surface area (Å²) in [5.74, 6) is -0.582. The molecule has 7 heteroatoms. The molecule has 0 amide bonds. The van der Waals surface area contributed by atoms with Crippen molar-refractivity contribution in [2.75, 3.05) is 0 Å². The first-order valence-corrected chi connectivity index (χ1v) is 6.34. The largest absolute Gasteiger partial charge is 0.486 e. The predicted octanol–water partition coefficient (Wildman–Crippen LogP) is 3.46. The van der Waals surface area contributed by atoms with Gasteiger partial charge in [-0.1, -0.05) is 17.7 Å². The van der Waals surface area contributed by atoms with Gasteiger partial charge in [-0.25, -0.2) is 4.39 Å². The van der Waals surface area contributed by atoms with E-state index in [2.05, 4.69) is 0 Å². The lowest BCUT2D eigenvalue weighted by Gasteiger charge is -2.09. The van der Waals surface area contributed by atoms with Gasteiger partial charge in [-0.2, -0.15) is 0 Å². The van der Waals surface area contributed by atoms with Crippen LogP contribution in [-0.4, -0.2) is 10.0 Å². The molecule has 2 rings (SSSR count). The third kappa shape index (κ3) is 3.68. The van der Waals surface area contributed by atoms with Crippen LogP contribution in [-0.2, 0) is 13.2 Å². The number of nitro groups is 1. The molecule has 0 fully saturated rings. The molecule has 0 spiro atoms. The molecule has 0 saturated carbocycles. The predicted molar refractivity (Wildman–Crippen MR) is 74.8 cm³/mol. The topological polar surface area (TPSA) is 72.6 Å². The Morgan fingerprint density at radius 3 is 2.62 bits per heavy atom. The Balaban J connectivity index is 2.11. The highest BCUT2D eigenvalue weighted by atomic mass is 35.5. The number of rotatable bonds is 5. The lowest BCUT2D eigenvalue weighted by Crippen LogP contribution is -1.99. The molecule has 0 atom stereocenters. The van der Waals surface area contributed by atoms with Crippen molar-refractivity contribution in [1.29, 1.82) is 0 Å². The average molecular weight is 312 g/mol. The second kappa shape index (κ2) is 6.51. The van der Waals surface area contributed by atoms with E-state index in [0.717, 1.165) is 0 Å². The van der Waals surface area contributed by atoms with Gasteiger partial charge in [0.05, 0.1) is 16.6 Å². The van der Waals surface area contributed by atoms with Crippen LogP contribution in [0, 0.1) is 15.9 Å². The fourth-order valence-electron chi connectivity index (χ4n) is 1.68. The minimum absolute atomic E-state index is 0.0154. The highest BCUT2D eigenvalue weighted by molar-refractivity contribution is 6.31. The summed E-state index contributed by atoms with van der Waals surface area (Å²) < 4.78 is 18.9. The molecule has 0 bridgehead atoms. The maximum absolute atomic E-state index is 13.7. The minimum atomic E-state index is -0.598. The molecular weight excluding hydrogens is 301 g/mol. The summed E-state index contributed by atoms with van der Waals surface area (Å²) in [7, 11) is 0. The molecule has 1 N–H and O–H groups in total. The zero-order valence-electron chi connectivity index (χ0n) is 10.8. The number of hydrogen-bond donors (Lipinski definition) is 1. The fraction of sp³-hybridized carbons (Fsp3) is 0.143. The van der Waals surface area contributed by atoms with E-state index in [4.69, 9.17) is 21.4 Å². The number of nitro benzene ring substituents is 1. The Kier molecular flexibility index (Phi) is 4.72. The van der Waals surface area contributed by atoms with Crippen LogP contribution in [0.2, 0.25) is 5.02 Å². The van der Waals surface area contributed by atoms with Crippen LogP contribution in [0.5, 0.6) is 5.75 Å². The Morgan fingerprint density at radius 1 is 1.29 bits per heavy atom. The van der Waals surface area contributed by atoms with E-state index < -0.39 is 10.7 Å². The van der Waals surface area contributed by atoms with E-state index in [1.807, 2.05) is 0 Å². The van der Waals surface area contributed by atoms with Gasteiger partial charge in [-0.15, -0.1) is 0 Å². The maximum atomic E-state index is 13.7. The smallest absolute Gasteiger partial charge is 0.270 e. The normalized spacial score (nSPS) is 10.4. The van der Waals surface area contributed by atoms with E-state index >= 15 is 0 Å². The van der Waals surface area contributed by atoms with Crippen molar-refractivity contribution in [3.8, 4) is 5.75 Å². The summed E-state index contributed by atoms with van der Waals surface area (Å²) >= 11 is 5.92. The van der Waals surface area contributed by atoms with Crippen LogP contribution in [0.1, 0.15) is 11.1 Å². The van der Waals surface area contributed by atoms with E-state index in [9.17, 15) is 14.5 Å². The van der Waals surface area contributed by atoms with Crippen molar-refractivity contribution < 1.29 is 19.2 Å². The first-order chi connectivity index (χ1) is 10.0. The third-order valence-corrected chi connectivity index (χ3v) is 3.16. The van der Waals surface area contributed by atoms with Gasteiger partial charge in [0, 0.05) is 17.7 Å². The highest BCUT2D eigenvalue weighted by Crippen LogP contribution is 2.25. The Labute approximate surface area is 124 Å². The van der Waals surface area contributed by atoms with Gasteiger partial charge in [0.2, 0.25) is 0 Å². The van der Waals surface area contributed by atoms with Gasteiger partial charge in [0.1, 0.15) is 6.61 Å². The van der Waals surface area contributed by atoms with Crippen molar-refractivity contribution in [3.05, 3.63) is 68.5 Å². The molecule has 0 aromatic heterocycles. The first kappa shape index (κ1) is 15.2. The van der Waals surface area contributed by atoms with Crippen LogP contribution < -0.4 is 4.74 Å². The zero-order chi connectivity index (χ0) is 15.4. The number of benzene rings is 2. The van der Waals surface area contributed by atoms with Crippen LogP contribution >= 0.6 is 11.6 Å². The molecular formula is C14H11ClFNO4. The van der Waals surface area contributed by atoms with Gasteiger partial charge in [-0.3, -0.25) is 10.1 Å². The Hall–Kier alpha value is -2.18. The lowest BCUT2D eigenvalue weighted by molar-refractivity contribution is -0.384. The summed E-state index contributed by atoms with van der Waals surface area (Å²) in [5, 5.41) is 19.7. The molecule has 0 radical (unpaired) electrons. The summed E-state index contributed by atoms with van der Waals surface area (Å²) in [6.45, 7) is -0.280. The number of aliphatic hydroxyl groups excluding tert-OH is 1. The summed E-state index contributed by atoms with van der Waals surface area (Å²) in [4.78, 5) is 10.0. The Bertz CT molecular complexity index is 678. The van der Waals surface area contributed by atoms with Gasteiger partial charge >= 0.3 is 0 Å². The monoisotopic (exact) mass is 311 g/mol. The van der Waals surface area contributed by atoms with Crippen molar-refractivity contribution >= 4 is 17.3 Å². The van der Waals surface area contributed by atoms with Crippen LogP contribution in [0.4, 0.5) is 10.1 Å². The van der Waals surface area contributed by atoms with E-state index in [-0.39, 0.29) is 29.7 Å². The number of nitrogens with zero attached hydrogens (tertiary/aromatic N) is 1. The van der Waals surface area contributed by atoms with Crippen LogP contribution in [0.15, 0.2) is 36.4 Å². The van der Waals surface area contributed by atoms with Crippen molar-refractivity contribution in [2.24, 2.45) is 0 Å². The zero-order valence-corrected chi connectivity index (χ0v) is 11.5. The van der Waals surface area contributed by atoms with Crippen molar-refractivity contribution in [2.45, 2.75) is 13.2 Å². The minimum Gasteiger partial charge on any atom is -0.486 e. The standard InChI is InChI=1S/C14H11ClFNO4/c15-12-6-11(17(19)20)3-2-10(12)8-21-14-4-1-9(7-18)5-13(14)16/h1-6,18H,7-8H2. The molecule has 0 heterocycles. The summed E-state index contributed by atoms with van der Waals surface area (Å²) in [5.41, 5.74) is 0.823. The second-order valence-corrected chi connectivity index (χ2v) is 4.65. The molecule has 0 aliphatic rings. The summed E-state index contributed by atoms with van der Waals surface area (Å²) in [6, 6.07) is 8.09. The van der Waals surface area contributed by atoms with E-state index in [1.165, 1.54) is 36.4 Å². The van der Waals surface area contributed by atoms with Gasteiger partial charge in [0.15, 0.2) is 11.6 Å². The molecule has 5 nitrogen and oxygen atoms in total. The van der Waals surface area contributed by atoms with Crippen LogP contribution in [0.3, 0.4) is 0 Å². The second-order valence-electron chi connectivity index (χ2n) is 4.24. The van der Waals surface area contributed by atoms with Crippen molar-refractivity contribution in [3.63, 3.8) is 0 Å². The number of halogens is 2. The fourth-order valence-corrected chi connectivity index (χ4v) is 1.91. The summed E-state index contributed by atoms with van der Waals surface area (Å²) in [6.07, 6.45) is 0. The van der Waals surface area contributed by atoms with Crippen LogP contribution in [0.25, 0.3) is 0 Å². The number of aliphatic hydroxyl groups is 1.